The molecule has 1 fully saturated rings. The quantitative estimate of drug-likeness (QED) is 0.148. The lowest BCUT2D eigenvalue weighted by molar-refractivity contribution is -0.150. The van der Waals surface area contributed by atoms with E-state index in [0.717, 1.165) is 9.80 Å². The zero-order valence-electron chi connectivity index (χ0n) is 21.5. The molecule has 210 valence electrons. The SMILES string of the molecule is CNC(=O)N(C)C(=O)CC(C)O/N=C(/C(=O)N[C@@H]1C(=O)N2C(C(=O)O)=C(COC(C)=O)CS[C@H]12)c1ccco1. The van der Waals surface area contributed by atoms with Gasteiger partial charge in [0.1, 0.15) is 29.8 Å². The topological polar surface area (TPSA) is 197 Å². The summed E-state index contributed by atoms with van der Waals surface area (Å²) in [7, 11) is 2.68. The zero-order valence-corrected chi connectivity index (χ0v) is 22.3. The van der Waals surface area contributed by atoms with E-state index < -0.39 is 53.2 Å². The summed E-state index contributed by atoms with van der Waals surface area (Å²) in [4.78, 5) is 80.1. The fraction of sp³-hybridized carbons (Fsp3) is 0.435. The first kappa shape index (κ1) is 29.2. The molecule has 1 saturated heterocycles. The van der Waals surface area contributed by atoms with Gasteiger partial charge in [0, 0.05) is 32.3 Å². The molecule has 0 aromatic carbocycles. The van der Waals surface area contributed by atoms with Crippen LogP contribution in [0.3, 0.4) is 0 Å². The van der Waals surface area contributed by atoms with Crippen molar-refractivity contribution in [2.45, 2.75) is 37.8 Å². The molecule has 0 bridgehead atoms. The van der Waals surface area contributed by atoms with Crippen LogP contribution in [-0.2, 0) is 33.5 Å². The molecular formula is C23H27N5O10S. The standard InChI is InChI=1S/C23H27N5O10S/c1-11(8-15(30)27(4)23(35)24-3)38-26-16(14-6-5-7-36-14)19(31)25-17-20(32)28-18(22(33)34)13(9-37-12(2)29)10-39-21(17)28/h5-7,11,17,21H,8-10H2,1-4H3,(H,24,35)(H,25,31)(H,33,34)/b26-16+/t11?,17-,21-/m1/s1. The maximum Gasteiger partial charge on any atom is 0.352 e. The molecule has 0 saturated carbocycles. The predicted molar refractivity (Wildman–Crippen MR) is 134 cm³/mol. The second-order valence-corrected chi connectivity index (χ2v) is 9.55. The van der Waals surface area contributed by atoms with Crippen molar-refractivity contribution in [3.63, 3.8) is 0 Å². The van der Waals surface area contributed by atoms with Gasteiger partial charge in [-0.25, -0.2) is 9.59 Å². The van der Waals surface area contributed by atoms with Gasteiger partial charge >= 0.3 is 18.0 Å². The third-order valence-corrected chi connectivity index (χ3v) is 6.97. The average Bonchev–Trinajstić information content (AvgIpc) is 3.43. The first-order chi connectivity index (χ1) is 18.5. The van der Waals surface area contributed by atoms with Gasteiger partial charge in [-0.15, -0.1) is 11.8 Å². The molecule has 5 amide bonds. The molecule has 3 atom stereocenters. The minimum Gasteiger partial charge on any atom is -0.477 e. The molecule has 1 aromatic heterocycles. The van der Waals surface area contributed by atoms with E-state index in [1.54, 1.807) is 0 Å². The number of thioether (sulfide) groups is 1. The number of carboxylic acids is 1. The molecule has 15 nitrogen and oxygen atoms in total. The van der Waals surface area contributed by atoms with E-state index in [2.05, 4.69) is 15.8 Å². The van der Waals surface area contributed by atoms with Crippen LogP contribution in [-0.4, -0.2) is 100 Å². The van der Waals surface area contributed by atoms with Crippen LogP contribution in [0.2, 0.25) is 0 Å². The smallest absolute Gasteiger partial charge is 0.352 e. The van der Waals surface area contributed by atoms with E-state index in [0.29, 0.717) is 0 Å². The highest BCUT2D eigenvalue weighted by Crippen LogP contribution is 2.40. The van der Waals surface area contributed by atoms with Crippen molar-refractivity contribution in [1.29, 1.82) is 0 Å². The Kier molecular flexibility index (Phi) is 9.34. The van der Waals surface area contributed by atoms with Gasteiger partial charge in [-0.1, -0.05) is 5.16 Å². The highest BCUT2D eigenvalue weighted by Gasteiger charge is 2.54. The van der Waals surface area contributed by atoms with Gasteiger partial charge in [-0.05, 0) is 19.1 Å². The second kappa shape index (κ2) is 12.5. The molecule has 0 spiro atoms. The van der Waals surface area contributed by atoms with Crippen LogP contribution in [0.1, 0.15) is 26.0 Å². The van der Waals surface area contributed by atoms with Crippen molar-refractivity contribution < 1.29 is 47.9 Å². The second-order valence-electron chi connectivity index (χ2n) is 8.44. The Balaban J connectivity index is 1.72. The minimum absolute atomic E-state index is 0.0169. The Bertz CT molecular complexity index is 1230. The summed E-state index contributed by atoms with van der Waals surface area (Å²) in [5, 5.41) is 17.6. The summed E-state index contributed by atoms with van der Waals surface area (Å²) in [5.41, 5.74) is -0.358. The number of β-lactam (4-membered cyclic amide) rings is 1. The molecule has 3 rings (SSSR count). The van der Waals surface area contributed by atoms with E-state index in [-0.39, 0.29) is 41.5 Å². The highest BCUT2D eigenvalue weighted by atomic mass is 32.2. The summed E-state index contributed by atoms with van der Waals surface area (Å²) in [6.07, 6.45) is 0.233. The summed E-state index contributed by atoms with van der Waals surface area (Å²) >= 11 is 1.20. The molecule has 1 unspecified atom stereocenters. The summed E-state index contributed by atoms with van der Waals surface area (Å²) in [5.74, 6) is -3.84. The maximum absolute atomic E-state index is 13.1. The number of hydrogen-bond acceptors (Lipinski definition) is 11. The number of nitrogens with one attached hydrogen (secondary N) is 2. The number of aliphatic carboxylic acids is 1. The number of ether oxygens (including phenoxy) is 1. The number of carbonyl (C=O) groups is 6. The van der Waals surface area contributed by atoms with Crippen LogP contribution in [0.5, 0.6) is 0 Å². The molecule has 3 heterocycles. The van der Waals surface area contributed by atoms with Crippen LogP contribution in [0.15, 0.2) is 39.2 Å². The molecule has 1 aromatic rings. The number of amides is 5. The lowest BCUT2D eigenvalue weighted by atomic mass is 10.0. The fourth-order valence-electron chi connectivity index (χ4n) is 3.65. The maximum atomic E-state index is 13.1. The normalized spacial score (nSPS) is 19.3. The van der Waals surface area contributed by atoms with Crippen LogP contribution >= 0.6 is 11.8 Å². The lowest BCUT2D eigenvalue weighted by Crippen LogP contribution is -2.71. The van der Waals surface area contributed by atoms with Crippen molar-refractivity contribution in [3.05, 3.63) is 35.4 Å². The van der Waals surface area contributed by atoms with Gasteiger partial charge in [-0.3, -0.25) is 29.0 Å². The van der Waals surface area contributed by atoms with Crippen LogP contribution in [0.4, 0.5) is 4.79 Å². The van der Waals surface area contributed by atoms with Gasteiger partial charge in [-0.2, -0.15) is 0 Å². The molecule has 2 aliphatic rings. The summed E-state index contributed by atoms with van der Waals surface area (Å²) in [6.45, 7) is 2.42. The average molecular weight is 566 g/mol. The first-order valence-corrected chi connectivity index (χ1v) is 12.6. The van der Waals surface area contributed by atoms with E-state index in [1.165, 1.54) is 58.1 Å². The van der Waals surface area contributed by atoms with E-state index in [1.807, 2.05) is 0 Å². The Morgan fingerprint density at radius 2 is 2.05 bits per heavy atom. The van der Waals surface area contributed by atoms with Crippen molar-refractivity contribution in [2.24, 2.45) is 5.16 Å². The van der Waals surface area contributed by atoms with E-state index >= 15 is 0 Å². The first-order valence-electron chi connectivity index (χ1n) is 11.6. The third kappa shape index (κ3) is 6.57. The summed E-state index contributed by atoms with van der Waals surface area (Å²) in [6, 6.07) is 1.26. The van der Waals surface area contributed by atoms with Crippen LogP contribution in [0.25, 0.3) is 0 Å². The van der Waals surface area contributed by atoms with Gasteiger partial charge in [0.2, 0.25) is 11.6 Å². The van der Waals surface area contributed by atoms with Gasteiger partial charge < -0.3 is 29.7 Å². The minimum atomic E-state index is -1.36. The number of rotatable bonds is 10. The molecule has 16 heteroatoms. The number of urea groups is 1. The number of esters is 1. The number of carboxylic acid groups (broad SMARTS) is 1. The van der Waals surface area contributed by atoms with Crippen molar-refractivity contribution >= 4 is 53.2 Å². The molecule has 39 heavy (non-hydrogen) atoms. The molecule has 0 radical (unpaired) electrons. The number of nitrogens with zero attached hydrogens (tertiary/aromatic N) is 3. The largest absolute Gasteiger partial charge is 0.477 e. The van der Waals surface area contributed by atoms with Gasteiger partial charge in [0.15, 0.2) is 5.76 Å². The monoisotopic (exact) mass is 565 g/mol. The highest BCUT2D eigenvalue weighted by molar-refractivity contribution is 8.00. The van der Waals surface area contributed by atoms with Crippen LogP contribution < -0.4 is 10.6 Å². The predicted octanol–water partition coefficient (Wildman–Crippen LogP) is -0.122. The number of hydrogen-bond donors (Lipinski definition) is 3. The Morgan fingerprint density at radius 1 is 1.33 bits per heavy atom. The number of furan rings is 1. The molecule has 3 N–H and O–H groups in total. The molecule has 0 aliphatic carbocycles. The molecular weight excluding hydrogens is 538 g/mol. The number of fused-ring (bicyclic) bond motifs is 1. The number of oxime groups is 1. The number of carbonyl (C=O) groups excluding carboxylic acids is 5. The van der Waals surface area contributed by atoms with Crippen LogP contribution in [0, 0.1) is 0 Å². The Hall–Kier alpha value is -4.34. The van der Waals surface area contributed by atoms with Crippen molar-refractivity contribution in [2.75, 3.05) is 26.5 Å². The van der Waals surface area contributed by atoms with Crippen molar-refractivity contribution in [3.8, 4) is 0 Å². The number of imide groups is 1. The molecule has 2 aliphatic heterocycles. The lowest BCUT2D eigenvalue weighted by Gasteiger charge is -2.49. The van der Waals surface area contributed by atoms with Crippen molar-refractivity contribution in [1.82, 2.24) is 20.4 Å². The fourth-order valence-corrected chi connectivity index (χ4v) is 4.98. The zero-order chi connectivity index (χ0) is 28.9. The van der Waals surface area contributed by atoms with Gasteiger partial charge in [0.05, 0.1) is 12.7 Å². The third-order valence-electron chi connectivity index (χ3n) is 5.63. The van der Waals surface area contributed by atoms with E-state index in [4.69, 9.17) is 14.0 Å². The van der Waals surface area contributed by atoms with Gasteiger partial charge in [0.25, 0.3) is 11.8 Å². The van der Waals surface area contributed by atoms with E-state index in [9.17, 15) is 33.9 Å². The summed E-state index contributed by atoms with van der Waals surface area (Å²) < 4.78 is 10.2. The Morgan fingerprint density at radius 3 is 2.64 bits per heavy atom. The Labute approximate surface area is 226 Å².